The van der Waals surface area contributed by atoms with Crippen LogP contribution in [0.5, 0.6) is 0 Å². The van der Waals surface area contributed by atoms with Crippen molar-refractivity contribution in [3.8, 4) is 0 Å². The van der Waals surface area contributed by atoms with E-state index in [0.29, 0.717) is 31.6 Å². The highest BCUT2D eigenvalue weighted by Crippen LogP contribution is 2.24. The Hall–Kier alpha value is -3.75. The van der Waals surface area contributed by atoms with Gasteiger partial charge in [0.1, 0.15) is 0 Å². The summed E-state index contributed by atoms with van der Waals surface area (Å²) in [6, 6.07) is 12.6. The van der Waals surface area contributed by atoms with Crippen molar-refractivity contribution in [2.45, 2.75) is 12.8 Å². The standard InChI is InChI=1S/C21H21N3O6/c1-30-21(27)16-11-15(12-18(13-16)24(28)29)20(26)23-9-7-14(8-10-23)19(25)22-17-5-3-2-4-6-17/h2-6,11-14H,7-10H2,1H3,(H,22,25). The summed E-state index contributed by atoms with van der Waals surface area (Å²) < 4.78 is 4.61. The van der Waals surface area contributed by atoms with Gasteiger partial charge in [0, 0.05) is 42.4 Å². The molecule has 3 rings (SSSR count). The fraction of sp³-hybridized carbons (Fsp3) is 0.286. The van der Waals surface area contributed by atoms with Gasteiger partial charge in [-0.15, -0.1) is 0 Å². The van der Waals surface area contributed by atoms with E-state index in [-0.39, 0.29) is 28.6 Å². The maximum atomic E-state index is 12.9. The molecule has 9 nitrogen and oxygen atoms in total. The number of methoxy groups -OCH3 is 1. The van der Waals surface area contributed by atoms with Crippen molar-refractivity contribution in [1.82, 2.24) is 4.90 Å². The van der Waals surface area contributed by atoms with Crippen LogP contribution in [0.2, 0.25) is 0 Å². The molecule has 1 heterocycles. The zero-order valence-corrected chi connectivity index (χ0v) is 16.4. The first kappa shape index (κ1) is 21.0. The van der Waals surface area contributed by atoms with Gasteiger partial charge in [0.2, 0.25) is 5.91 Å². The van der Waals surface area contributed by atoms with E-state index >= 15 is 0 Å². The van der Waals surface area contributed by atoms with Crippen molar-refractivity contribution in [2.75, 3.05) is 25.5 Å². The number of nitrogens with zero attached hydrogens (tertiary/aromatic N) is 2. The largest absolute Gasteiger partial charge is 0.465 e. The van der Waals surface area contributed by atoms with Crippen molar-refractivity contribution in [2.24, 2.45) is 5.92 Å². The van der Waals surface area contributed by atoms with Crippen molar-refractivity contribution in [1.29, 1.82) is 0 Å². The third-order valence-corrected chi connectivity index (χ3v) is 4.99. The summed E-state index contributed by atoms with van der Waals surface area (Å²) in [7, 11) is 1.16. The minimum absolute atomic E-state index is 0.0387. The molecule has 0 atom stereocenters. The summed E-state index contributed by atoms with van der Waals surface area (Å²) in [6.07, 6.45) is 0.951. The van der Waals surface area contributed by atoms with Crippen LogP contribution >= 0.6 is 0 Å². The van der Waals surface area contributed by atoms with Gasteiger partial charge in [-0.2, -0.15) is 0 Å². The number of hydrogen-bond donors (Lipinski definition) is 1. The first-order chi connectivity index (χ1) is 14.4. The predicted molar refractivity (Wildman–Crippen MR) is 108 cm³/mol. The van der Waals surface area contributed by atoms with Gasteiger partial charge in [0.25, 0.3) is 11.6 Å². The number of non-ortho nitro benzene ring substituents is 1. The van der Waals surface area contributed by atoms with Gasteiger partial charge >= 0.3 is 5.97 Å². The van der Waals surface area contributed by atoms with Crippen molar-refractivity contribution < 1.29 is 24.0 Å². The number of anilines is 1. The number of benzene rings is 2. The maximum absolute atomic E-state index is 12.9. The Kier molecular flexibility index (Phi) is 6.41. The van der Waals surface area contributed by atoms with Crippen molar-refractivity contribution in [3.63, 3.8) is 0 Å². The Balaban J connectivity index is 1.67. The van der Waals surface area contributed by atoms with Crippen LogP contribution in [-0.4, -0.2) is 47.8 Å². The summed E-state index contributed by atoms with van der Waals surface area (Å²) in [5.74, 6) is -1.52. The highest BCUT2D eigenvalue weighted by atomic mass is 16.6. The van der Waals surface area contributed by atoms with Crippen LogP contribution in [0.25, 0.3) is 0 Å². The van der Waals surface area contributed by atoms with E-state index in [9.17, 15) is 24.5 Å². The third-order valence-electron chi connectivity index (χ3n) is 4.99. The van der Waals surface area contributed by atoms with E-state index in [1.807, 2.05) is 18.2 Å². The number of carbonyl (C=O) groups excluding carboxylic acids is 3. The zero-order chi connectivity index (χ0) is 21.7. The van der Waals surface area contributed by atoms with Gasteiger partial charge in [-0.25, -0.2) is 4.79 Å². The van der Waals surface area contributed by atoms with Gasteiger partial charge in [-0.05, 0) is 31.0 Å². The Bertz CT molecular complexity index is 968. The number of esters is 1. The van der Waals surface area contributed by atoms with Crippen LogP contribution in [0, 0.1) is 16.0 Å². The molecule has 0 aromatic heterocycles. The van der Waals surface area contributed by atoms with Crippen LogP contribution in [0.15, 0.2) is 48.5 Å². The molecule has 1 saturated heterocycles. The van der Waals surface area contributed by atoms with Crippen LogP contribution in [0.4, 0.5) is 11.4 Å². The van der Waals surface area contributed by atoms with Crippen LogP contribution in [-0.2, 0) is 9.53 Å². The zero-order valence-electron chi connectivity index (χ0n) is 16.4. The molecule has 1 aliphatic heterocycles. The molecule has 1 aliphatic rings. The normalized spacial score (nSPS) is 14.1. The predicted octanol–water partition coefficient (Wildman–Crippen LogP) is 2.87. The molecule has 0 unspecified atom stereocenters. The quantitative estimate of drug-likeness (QED) is 0.459. The number of nitro groups is 1. The number of ether oxygens (including phenoxy) is 1. The van der Waals surface area contributed by atoms with Crippen molar-refractivity contribution >= 4 is 29.2 Å². The summed E-state index contributed by atoms with van der Waals surface area (Å²) in [6.45, 7) is 0.671. The molecule has 1 N–H and O–H groups in total. The minimum atomic E-state index is -0.760. The van der Waals surface area contributed by atoms with Gasteiger partial charge in [-0.1, -0.05) is 18.2 Å². The molecule has 156 valence electrons. The number of nitrogens with one attached hydrogen (secondary N) is 1. The smallest absolute Gasteiger partial charge is 0.338 e. The monoisotopic (exact) mass is 411 g/mol. The summed E-state index contributed by atoms with van der Waals surface area (Å²) in [4.78, 5) is 49.1. The fourth-order valence-corrected chi connectivity index (χ4v) is 3.37. The number of carbonyl (C=O) groups is 3. The lowest BCUT2D eigenvalue weighted by Gasteiger charge is -2.31. The number of nitro benzene ring substituents is 1. The second-order valence-electron chi connectivity index (χ2n) is 6.94. The highest BCUT2D eigenvalue weighted by molar-refractivity contribution is 5.99. The second kappa shape index (κ2) is 9.17. The molecular weight excluding hydrogens is 390 g/mol. The number of piperidine rings is 1. The van der Waals surface area contributed by atoms with Gasteiger partial charge in [-0.3, -0.25) is 19.7 Å². The summed E-state index contributed by atoms with van der Waals surface area (Å²) in [5.41, 5.74) is 0.329. The second-order valence-corrected chi connectivity index (χ2v) is 6.94. The van der Waals surface area contributed by atoms with Crippen LogP contribution in [0.1, 0.15) is 33.6 Å². The minimum Gasteiger partial charge on any atom is -0.465 e. The average Bonchev–Trinajstić information content (AvgIpc) is 2.78. The Morgan fingerprint density at radius 3 is 2.30 bits per heavy atom. The van der Waals surface area contributed by atoms with E-state index in [0.717, 1.165) is 19.2 Å². The van der Waals surface area contributed by atoms with E-state index in [2.05, 4.69) is 10.1 Å². The van der Waals surface area contributed by atoms with Crippen LogP contribution in [0.3, 0.4) is 0 Å². The number of hydrogen-bond acceptors (Lipinski definition) is 6. The molecule has 0 bridgehead atoms. The number of likely N-dealkylation sites (tertiary alicyclic amines) is 1. The van der Waals surface area contributed by atoms with E-state index in [1.54, 1.807) is 12.1 Å². The first-order valence-electron chi connectivity index (χ1n) is 9.42. The summed E-state index contributed by atoms with van der Waals surface area (Å²) >= 11 is 0. The molecular formula is C21H21N3O6. The Morgan fingerprint density at radius 1 is 1.07 bits per heavy atom. The first-order valence-corrected chi connectivity index (χ1v) is 9.42. The van der Waals surface area contributed by atoms with Gasteiger partial charge in [0.15, 0.2) is 0 Å². The van der Waals surface area contributed by atoms with Crippen molar-refractivity contribution in [3.05, 3.63) is 69.8 Å². The molecule has 0 saturated carbocycles. The maximum Gasteiger partial charge on any atom is 0.338 e. The molecule has 0 spiro atoms. The average molecular weight is 411 g/mol. The van der Waals surface area contributed by atoms with E-state index in [4.69, 9.17) is 0 Å². The Labute approximate surface area is 172 Å². The summed E-state index contributed by atoms with van der Waals surface area (Å²) in [5, 5.41) is 14.0. The number of rotatable bonds is 5. The lowest BCUT2D eigenvalue weighted by Crippen LogP contribution is -2.41. The third kappa shape index (κ3) is 4.80. The molecule has 2 aromatic rings. The SMILES string of the molecule is COC(=O)c1cc(C(=O)N2CCC(C(=O)Nc3ccccc3)CC2)cc([N+](=O)[O-])c1. The van der Waals surface area contributed by atoms with E-state index in [1.165, 1.54) is 11.0 Å². The molecule has 9 heteroatoms. The molecule has 2 amide bonds. The fourth-order valence-electron chi connectivity index (χ4n) is 3.37. The lowest BCUT2D eigenvalue weighted by molar-refractivity contribution is -0.384. The van der Waals surface area contributed by atoms with Crippen LogP contribution < -0.4 is 5.32 Å². The highest BCUT2D eigenvalue weighted by Gasteiger charge is 2.29. The molecule has 1 fully saturated rings. The number of amides is 2. The lowest BCUT2D eigenvalue weighted by atomic mass is 9.95. The Morgan fingerprint density at radius 2 is 1.70 bits per heavy atom. The topological polar surface area (TPSA) is 119 Å². The molecule has 30 heavy (non-hydrogen) atoms. The van der Waals surface area contributed by atoms with Gasteiger partial charge in [0.05, 0.1) is 17.6 Å². The number of para-hydroxylation sites is 1. The molecule has 0 radical (unpaired) electrons. The molecule has 2 aromatic carbocycles. The molecule has 0 aliphatic carbocycles. The van der Waals surface area contributed by atoms with E-state index < -0.39 is 16.8 Å². The van der Waals surface area contributed by atoms with Gasteiger partial charge < -0.3 is 15.0 Å².